The zero-order chi connectivity index (χ0) is 19.8. The second-order valence-electron chi connectivity index (χ2n) is 7.33. The van der Waals surface area contributed by atoms with E-state index in [1.54, 1.807) is 4.90 Å². The monoisotopic (exact) mass is 374 g/mol. The standard InChI is InChI=1S/C20H30N4O3/c1-14(2)18(20(27)22-13-17(25)24-10-6-7-11-24)23-19(26)16(21)12-15-8-4-3-5-9-15/h3-5,8-9,14,16,18H,6-7,10-13,21H2,1-2H3,(H,22,27)(H,23,26). The smallest absolute Gasteiger partial charge is 0.243 e. The van der Waals surface area contributed by atoms with Gasteiger partial charge in [0.25, 0.3) is 0 Å². The van der Waals surface area contributed by atoms with Crippen LogP contribution in [-0.4, -0.2) is 54.3 Å². The molecule has 3 amide bonds. The van der Waals surface area contributed by atoms with Crippen LogP contribution in [0.15, 0.2) is 30.3 Å². The predicted octanol–water partition coefficient (Wildman–Crippen LogP) is 0.436. The van der Waals surface area contributed by atoms with E-state index in [0.29, 0.717) is 6.42 Å². The Kier molecular flexibility index (Phi) is 7.79. The van der Waals surface area contributed by atoms with Gasteiger partial charge >= 0.3 is 0 Å². The van der Waals surface area contributed by atoms with E-state index in [-0.39, 0.29) is 30.2 Å². The third-order valence-corrected chi connectivity index (χ3v) is 4.75. The SMILES string of the molecule is CC(C)C(NC(=O)C(N)Cc1ccccc1)C(=O)NCC(=O)N1CCCC1. The van der Waals surface area contributed by atoms with Crippen molar-refractivity contribution in [3.63, 3.8) is 0 Å². The molecule has 0 saturated carbocycles. The highest BCUT2D eigenvalue weighted by atomic mass is 16.2. The molecule has 0 spiro atoms. The fourth-order valence-corrected chi connectivity index (χ4v) is 3.11. The number of benzene rings is 1. The third kappa shape index (κ3) is 6.36. The van der Waals surface area contributed by atoms with Gasteiger partial charge in [0, 0.05) is 13.1 Å². The van der Waals surface area contributed by atoms with E-state index in [4.69, 9.17) is 5.73 Å². The third-order valence-electron chi connectivity index (χ3n) is 4.75. The lowest BCUT2D eigenvalue weighted by Gasteiger charge is -2.24. The maximum atomic E-state index is 12.5. The molecule has 2 unspecified atom stereocenters. The van der Waals surface area contributed by atoms with Crippen molar-refractivity contribution in [1.82, 2.24) is 15.5 Å². The van der Waals surface area contributed by atoms with Crippen LogP contribution < -0.4 is 16.4 Å². The molecule has 2 atom stereocenters. The molecule has 0 bridgehead atoms. The molecular weight excluding hydrogens is 344 g/mol. The molecule has 1 aromatic rings. The quantitative estimate of drug-likeness (QED) is 0.614. The number of hydrogen-bond donors (Lipinski definition) is 3. The molecule has 4 N–H and O–H groups in total. The van der Waals surface area contributed by atoms with Crippen LogP contribution in [0.2, 0.25) is 0 Å². The van der Waals surface area contributed by atoms with Crippen LogP contribution in [0.1, 0.15) is 32.3 Å². The van der Waals surface area contributed by atoms with E-state index in [0.717, 1.165) is 31.5 Å². The largest absolute Gasteiger partial charge is 0.345 e. The molecule has 0 radical (unpaired) electrons. The fourth-order valence-electron chi connectivity index (χ4n) is 3.11. The molecule has 0 aliphatic carbocycles. The summed E-state index contributed by atoms with van der Waals surface area (Å²) in [5.74, 6) is -0.952. The van der Waals surface area contributed by atoms with E-state index >= 15 is 0 Å². The Balaban J connectivity index is 1.86. The van der Waals surface area contributed by atoms with Crippen LogP contribution in [0.4, 0.5) is 0 Å². The maximum Gasteiger partial charge on any atom is 0.243 e. The van der Waals surface area contributed by atoms with Gasteiger partial charge in [0.15, 0.2) is 0 Å². The van der Waals surface area contributed by atoms with Gasteiger partial charge in [-0.2, -0.15) is 0 Å². The van der Waals surface area contributed by atoms with Gasteiger partial charge in [0.1, 0.15) is 6.04 Å². The van der Waals surface area contributed by atoms with Crippen LogP contribution in [0, 0.1) is 5.92 Å². The first kappa shape index (κ1) is 20.9. The Morgan fingerprint density at radius 3 is 2.30 bits per heavy atom. The predicted molar refractivity (Wildman–Crippen MR) is 104 cm³/mol. The van der Waals surface area contributed by atoms with Gasteiger partial charge in [-0.05, 0) is 30.7 Å². The highest BCUT2D eigenvalue weighted by molar-refractivity contribution is 5.92. The average molecular weight is 374 g/mol. The number of likely N-dealkylation sites (tertiary alicyclic amines) is 1. The summed E-state index contributed by atoms with van der Waals surface area (Å²) in [4.78, 5) is 38.7. The van der Waals surface area contributed by atoms with Crippen LogP contribution in [0.25, 0.3) is 0 Å². The molecule has 7 nitrogen and oxygen atoms in total. The first-order valence-electron chi connectivity index (χ1n) is 9.54. The Morgan fingerprint density at radius 1 is 1.07 bits per heavy atom. The second kappa shape index (κ2) is 10.1. The first-order chi connectivity index (χ1) is 12.9. The fraction of sp³-hybridized carbons (Fsp3) is 0.550. The first-order valence-corrected chi connectivity index (χ1v) is 9.54. The summed E-state index contributed by atoms with van der Waals surface area (Å²) < 4.78 is 0. The number of carbonyl (C=O) groups excluding carboxylic acids is 3. The number of nitrogens with two attached hydrogens (primary N) is 1. The van der Waals surface area contributed by atoms with Crippen molar-refractivity contribution in [2.75, 3.05) is 19.6 Å². The topological polar surface area (TPSA) is 105 Å². The minimum atomic E-state index is -0.743. The molecule has 0 aromatic heterocycles. The lowest BCUT2D eigenvalue weighted by Crippen LogP contribution is -2.55. The minimum Gasteiger partial charge on any atom is -0.345 e. The average Bonchev–Trinajstić information content (AvgIpc) is 3.19. The number of nitrogens with one attached hydrogen (secondary N) is 2. The number of rotatable bonds is 8. The molecule has 1 saturated heterocycles. The summed E-state index contributed by atoms with van der Waals surface area (Å²) >= 11 is 0. The van der Waals surface area contributed by atoms with Crippen molar-refractivity contribution in [2.24, 2.45) is 11.7 Å². The Labute approximate surface area is 160 Å². The molecule has 1 aliphatic rings. The van der Waals surface area contributed by atoms with Crippen molar-refractivity contribution in [3.05, 3.63) is 35.9 Å². The highest BCUT2D eigenvalue weighted by Gasteiger charge is 2.27. The zero-order valence-corrected chi connectivity index (χ0v) is 16.1. The van der Waals surface area contributed by atoms with E-state index < -0.39 is 12.1 Å². The lowest BCUT2D eigenvalue weighted by molar-refractivity contribution is -0.134. The number of carbonyl (C=O) groups is 3. The summed E-state index contributed by atoms with van der Waals surface area (Å²) in [7, 11) is 0. The molecule has 27 heavy (non-hydrogen) atoms. The number of amides is 3. The molecule has 1 aliphatic heterocycles. The minimum absolute atomic E-state index is 0.0476. The molecule has 7 heteroatoms. The Bertz CT molecular complexity index is 642. The van der Waals surface area contributed by atoms with Crippen molar-refractivity contribution < 1.29 is 14.4 Å². The van der Waals surface area contributed by atoms with Gasteiger partial charge in [0.2, 0.25) is 17.7 Å². The van der Waals surface area contributed by atoms with E-state index in [1.807, 2.05) is 44.2 Å². The summed E-state index contributed by atoms with van der Waals surface area (Å²) in [5, 5.41) is 5.38. The van der Waals surface area contributed by atoms with E-state index in [1.165, 1.54) is 0 Å². The summed E-state index contributed by atoms with van der Waals surface area (Å²) in [6.07, 6.45) is 2.40. The summed E-state index contributed by atoms with van der Waals surface area (Å²) in [5.41, 5.74) is 6.96. The summed E-state index contributed by atoms with van der Waals surface area (Å²) in [6.45, 7) is 5.12. The van der Waals surface area contributed by atoms with Gasteiger partial charge < -0.3 is 21.3 Å². The Hall–Kier alpha value is -2.41. The van der Waals surface area contributed by atoms with Gasteiger partial charge in [-0.15, -0.1) is 0 Å². The molecular formula is C20H30N4O3. The van der Waals surface area contributed by atoms with E-state index in [9.17, 15) is 14.4 Å². The molecule has 148 valence electrons. The summed E-state index contributed by atoms with van der Waals surface area (Å²) in [6, 6.07) is 8.02. The van der Waals surface area contributed by atoms with Crippen LogP contribution in [0.3, 0.4) is 0 Å². The maximum absolute atomic E-state index is 12.5. The van der Waals surface area contributed by atoms with Crippen molar-refractivity contribution >= 4 is 17.7 Å². The molecule has 1 fully saturated rings. The van der Waals surface area contributed by atoms with Gasteiger partial charge in [-0.1, -0.05) is 44.2 Å². The molecule has 2 rings (SSSR count). The van der Waals surface area contributed by atoms with Crippen molar-refractivity contribution in [1.29, 1.82) is 0 Å². The number of nitrogens with zero attached hydrogens (tertiary/aromatic N) is 1. The zero-order valence-electron chi connectivity index (χ0n) is 16.1. The normalized spacial score (nSPS) is 16.1. The van der Waals surface area contributed by atoms with Gasteiger partial charge in [-0.3, -0.25) is 14.4 Å². The van der Waals surface area contributed by atoms with Crippen molar-refractivity contribution in [2.45, 2.75) is 45.2 Å². The Morgan fingerprint density at radius 2 is 1.70 bits per heavy atom. The van der Waals surface area contributed by atoms with Gasteiger partial charge in [-0.25, -0.2) is 0 Å². The van der Waals surface area contributed by atoms with Crippen molar-refractivity contribution in [3.8, 4) is 0 Å². The molecule has 1 heterocycles. The number of hydrogen-bond acceptors (Lipinski definition) is 4. The second-order valence-corrected chi connectivity index (χ2v) is 7.33. The van der Waals surface area contributed by atoms with Crippen LogP contribution >= 0.6 is 0 Å². The highest BCUT2D eigenvalue weighted by Crippen LogP contribution is 2.08. The van der Waals surface area contributed by atoms with Gasteiger partial charge in [0.05, 0.1) is 12.6 Å². The lowest BCUT2D eigenvalue weighted by atomic mass is 10.0. The van der Waals surface area contributed by atoms with Crippen LogP contribution in [0.5, 0.6) is 0 Å². The molecule has 1 aromatic carbocycles. The van der Waals surface area contributed by atoms with E-state index in [2.05, 4.69) is 10.6 Å². The van der Waals surface area contributed by atoms with Crippen LogP contribution in [-0.2, 0) is 20.8 Å².